The largest absolute Gasteiger partial charge is 0.493 e. The van der Waals surface area contributed by atoms with E-state index in [0.29, 0.717) is 13.1 Å². The van der Waals surface area contributed by atoms with Crippen molar-refractivity contribution in [3.8, 4) is 5.75 Å². The highest BCUT2D eigenvalue weighted by atomic mass is 35.5. The van der Waals surface area contributed by atoms with Crippen LogP contribution in [0.3, 0.4) is 0 Å². The van der Waals surface area contributed by atoms with Crippen LogP contribution in [0.2, 0.25) is 0 Å². The second-order valence-corrected chi connectivity index (χ2v) is 3.77. The van der Waals surface area contributed by atoms with Crippen molar-refractivity contribution in [2.45, 2.75) is 0 Å². The molecule has 0 aliphatic heterocycles. The molecule has 1 aromatic carbocycles. The molecule has 0 aliphatic carbocycles. The van der Waals surface area contributed by atoms with Crippen LogP contribution in [0.1, 0.15) is 10.4 Å². The van der Waals surface area contributed by atoms with Crippen LogP contribution >= 0.6 is 12.4 Å². The maximum atomic E-state index is 13.6. The Morgan fingerprint density at radius 3 is 2.47 bits per heavy atom. The summed E-state index contributed by atoms with van der Waals surface area (Å²) in [5, 5.41) is 2.87. The van der Waals surface area contributed by atoms with Gasteiger partial charge in [0.25, 0.3) is 5.91 Å². The zero-order valence-corrected chi connectivity index (χ0v) is 11.8. The fourth-order valence-electron chi connectivity index (χ4n) is 1.50. The minimum atomic E-state index is -0.797. The van der Waals surface area contributed by atoms with Crippen LogP contribution in [0.4, 0.5) is 8.78 Å². The van der Waals surface area contributed by atoms with Gasteiger partial charge in [-0.2, -0.15) is 0 Å². The Balaban J connectivity index is 0.00000324. The second kappa shape index (κ2) is 7.91. The molecule has 19 heavy (non-hydrogen) atoms. The van der Waals surface area contributed by atoms with Gasteiger partial charge in [0.2, 0.25) is 0 Å². The number of amides is 1. The topological polar surface area (TPSA) is 41.6 Å². The first-order chi connectivity index (χ1) is 8.52. The molecule has 0 aromatic heterocycles. The first-order valence-corrected chi connectivity index (χ1v) is 5.45. The summed E-state index contributed by atoms with van der Waals surface area (Å²) in [7, 11) is 4.45. The number of carbonyl (C=O) groups excluding carboxylic acids is 1. The molecule has 1 amide bonds. The molecule has 0 heterocycles. The molecule has 1 rings (SSSR count). The number of hydrogen-bond donors (Lipinski definition) is 1. The third-order valence-electron chi connectivity index (χ3n) is 2.52. The summed E-state index contributed by atoms with van der Waals surface area (Å²) in [5.74, 6) is -2.53. The van der Waals surface area contributed by atoms with Gasteiger partial charge in [0.05, 0.1) is 7.11 Å². The molecule has 7 heteroatoms. The van der Waals surface area contributed by atoms with Gasteiger partial charge in [0, 0.05) is 20.1 Å². The molecule has 0 fully saturated rings. The van der Waals surface area contributed by atoms with Crippen LogP contribution in [-0.2, 0) is 0 Å². The molecule has 0 bridgehead atoms. The fourth-order valence-corrected chi connectivity index (χ4v) is 1.50. The number of halogens is 3. The lowest BCUT2D eigenvalue weighted by Crippen LogP contribution is -2.33. The highest BCUT2D eigenvalue weighted by molar-refractivity contribution is 5.97. The molecule has 1 N–H and O–H groups in total. The summed E-state index contributed by atoms with van der Waals surface area (Å²) < 4.78 is 31.8. The summed E-state index contributed by atoms with van der Waals surface area (Å²) in [6, 6.07) is 1.84. The van der Waals surface area contributed by atoms with Crippen molar-refractivity contribution in [3.05, 3.63) is 29.3 Å². The molecule has 0 aliphatic rings. The highest BCUT2D eigenvalue weighted by Gasteiger charge is 2.23. The molecular formula is C12H17ClF2N2O2. The summed E-state index contributed by atoms with van der Waals surface area (Å²) in [6.07, 6.45) is 0. The van der Waals surface area contributed by atoms with E-state index in [1.807, 2.05) is 0 Å². The Bertz CT molecular complexity index is 444. The molecule has 0 saturated heterocycles. The Hall–Kier alpha value is -1.40. The first kappa shape index (κ1) is 17.6. The maximum Gasteiger partial charge on any atom is 0.260 e. The summed E-state index contributed by atoms with van der Waals surface area (Å²) in [5.41, 5.74) is -0.379. The van der Waals surface area contributed by atoms with Crippen molar-refractivity contribution >= 4 is 18.3 Å². The molecule has 108 valence electrons. The molecule has 4 nitrogen and oxygen atoms in total. The van der Waals surface area contributed by atoms with Crippen LogP contribution < -0.4 is 10.1 Å². The quantitative estimate of drug-likeness (QED) is 0.898. The average molecular weight is 295 g/mol. The van der Waals surface area contributed by atoms with Gasteiger partial charge in [-0.05, 0) is 19.2 Å². The second-order valence-electron chi connectivity index (χ2n) is 3.77. The van der Waals surface area contributed by atoms with Crippen LogP contribution in [0.25, 0.3) is 0 Å². The van der Waals surface area contributed by atoms with Gasteiger partial charge in [-0.25, -0.2) is 8.78 Å². The van der Waals surface area contributed by atoms with E-state index in [9.17, 15) is 13.6 Å². The van der Waals surface area contributed by atoms with Gasteiger partial charge in [-0.3, -0.25) is 4.79 Å². The summed E-state index contributed by atoms with van der Waals surface area (Å²) >= 11 is 0. The standard InChI is InChI=1S/C12H16F2N2O2.ClH/c1-15-6-7-16(2)12(17)10-8(13)4-5-9(14)11(10)18-3;/h4-5,15H,6-7H2,1-3H3;1H. The molecule has 0 saturated carbocycles. The SMILES string of the molecule is CNCCN(C)C(=O)c1c(F)ccc(F)c1OC.Cl. The van der Waals surface area contributed by atoms with E-state index in [1.165, 1.54) is 19.1 Å². The Labute approximate surface area is 117 Å². The van der Waals surface area contributed by atoms with Gasteiger partial charge in [0.15, 0.2) is 11.6 Å². The number of hydrogen-bond acceptors (Lipinski definition) is 3. The molecule has 0 unspecified atom stereocenters. The number of carbonyl (C=O) groups is 1. The van der Waals surface area contributed by atoms with Crippen molar-refractivity contribution in [1.29, 1.82) is 0 Å². The predicted molar refractivity (Wildman–Crippen MR) is 71.0 cm³/mol. The van der Waals surface area contributed by atoms with Crippen LogP contribution in [0.5, 0.6) is 5.75 Å². The van der Waals surface area contributed by atoms with E-state index in [1.54, 1.807) is 7.05 Å². The zero-order chi connectivity index (χ0) is 13.7. The lowest BCUT2D eigenvalue weighted by Gasteiger charge is -2.19. The predicted octanol–water partition coefficient (Wildman–Crippen LogP) is 1.69. The number of methoxy groups -OCH3 is 1. The minimum Gasteiger partial charge on any atom is -0.493 e. The van der Waals surface area contributed by atoms with Crippen LogP contribution in [0.15, 0.2) is 12.1 Å². The number of benzene rings is 1. The summed E-state index contributed by atoms with van der Waals surface area (Å²) in [4.78, 5) is 13.3. The molecule has 0 radical (unpaired) electrons. The number of likely N-dealkylation sites (N-methyl/N-ethyl adjacent to an activating group) is 2. The van der Waals surface area contributed by atoms with Crippen molar-refractivity contribution in [1.82, 2.24) is 10.2 Å². The van der Waals surface area contributed by atoms with E-state index in [0.717, 1.165) is 12.1 Å². The van der Waals surface area contributed by atoms with Crippen molar-refractivity contribution < 1.29 is 18.3 Å². The molecular weight excluding hydrogens is 278 g/mol. The molecule has 0 spiro atoms. The first-order valence-electron chi connectivity index (χ1n) is 5.45. The zero-order valence-electron chi connectivity index (χ0n) is 11.0. The van der Waals surface area contributed by atoms with E-state index in [4.69, 9.17) is 4.74 Å². The third-order valence-corrected chi connectivity index (χ3v) is 2.52. The Kier molecular flexibility index (Phi) is 7.33. The smallest absolute Gasteiger partial charge is 0.260 e. The van der Waals surface area contributed by atoms with Gasteiger partial charge in [0.1, 0.15) is 11.4 Å². The maximum absolute atomic E-state index is 13.6. The van der Waals surface area contributed by atoms with E-state index in [-0.39, 0.29) is 23.7 Å². The minimum absolute atomic E-state index is 0. The number of nitrogens with one attached hydrogen (secondary N) is 1. The number of nitrogens with zero attached hydrogens (tertiary/aromatic N) is 1. The monoisotopic (exact) mass is 294 g/mol. The average Bonchev–Trinajstić information content (AvgIpc) is 2.37. The Morgan fingerprint density at radius 1 is 1.37 bits per heavy atom. The lowest BCUT2D eigenvalue weighted by atomic mass is 10.1. The Morgan fingerprint density at radius 2 is 1.95 bits per heavy atom. The third kappa shape index (κ3) is 4.04. The van der Waals surface area contributed by atoms with Gasteiger partial charge in [-0.15, -0.1) is 12.4 Å². The van der Waals surface area contributed by atoms with E-state index in [2.05, 4.69) is 5.32 Å². The van der Waals surface area contributed by atoms with E-state index < -0.39 is 17.5 Å². The number of rotatable bonds is 5. The van der Waals surface area contributed by atoms with Gasteiger partial charge < -0.3 is 15.0 Å². The van der Waals surface area contributed by atoms with Gasteiger partial charge in [-0.1, -0.05) is 0 Å². The van der Waals surface area contributed by atoms with Crippen molar-refractivity contribution in [3.63, 3.8) is 0 Å². The van der Waals surface area contributed by atoms with Gasteiger partial charge >= 0.3 is 0 Å². The molecule has 0 atom stereocenters. The highest BCUT2D eigenvalue weighted by Crippen LogP contribution is 2.26. The lowest BCUT2D eigenvalue weighted by molar-refractivity contribution is 0.0787. The molecule has 1 aromatic rings. The van der Waals surface area contributed by atoms with Crippen LogP contribution in [-0.4, -0.2) is 45.1 Å². The normalized spacial score (nSPS) is 9.74. The number of ether oxygens (including phenoxy) is 1. The van der Waals surface area contributed by atoms with Crippen molar-refractivity contribution in [2.24, 2.45) is 0 Å². The van der Waals surface area contributed by atoms with Crippen molar-refractivity contribution in [2.75, 3.05) is 34.3 Å². The fraction of sp³-hybridized carbons (Fsp3) is 0.417. The van der Waals surface area contributed by atoms with Crippen LogP contribution in [0, 0.1) is 11.6 Å². The summed E-state index contributed by atoms with van der Waals surface area (Å²) in [6.45, 7) is 0.940. The van der Waals surface area contributed by atoms with E-state index >= 15 is 0 Å².